The summed E-state index contributed by atoms with van der Waals surface area (Å²) in [5, 5.41) is 3.55. The molecule has 0 bridgehead atoms. The number of aromatic nitrogens is 2. The summed E-state index contributed by atoms with van der Waals surface area (Å²) in [6, 6.07) is 8.61. The number of unbranched alkanes of at least 4 members (excludes halogenated alkanes) is 1. The van der Waals surface area contributed by atoms with E-state index in [9.17, 15) is 0 Å². The number of methoxy groups -OCH3 is 1. The van der Waals surface area contributed by atoms with E-state index < -0.39 is 0 Å². The van der Waals surface area contributed by atoms with Crippen molar-refractivity contribution in [1.82, 2.24) is 14.9 Å². The van der Waals surface area contributed by atoms with E-state index in [-0.39, 0.29) is 0 Å². The molecule has 2 aromatic rings. The first-order valence-corrected chi connectivity index (χ1v) is 7.12. The molecule has 0 aliphatic carbocycles. The van der Waals surface area contributed by atoms with E-state index in [2.05, 4.69) is 33.9 Å². The molecule has 0 aliphatic heterocycles. The van der Waals surface area contributed by atoms with Gasteiger partial charge >= 0.3 is 0 Å². The maximum Gasteiger partial charge on any atom is 0.118 e. The highest BCUT2D eigenvalue weighted by atomic mass is 16.5. The van der Waals surface area contributed by atoms with Gasteiger partial charge in [-0.05, 0) is 44.0 Å². The second kappa shape index (κ2) is 7.70. The number of benzene rings is 1. The van der Waals surface area contributed by atoms with Crippen LogP contribution in [-0.2, 0) is 6.54 Å². The molecule has 1 aromatic heterocycles. The van der Waals surface area contributed by atoms with Crippen LogP contribution in [-0.4, -0.2) is 23.2 Å². The van der Waals surface area contributed by atoms with Gasteiger partial charge in [-0.25, -0.2) is 4.98 Å². The molecule has 108 valence electrons. The third kappa shape index (κ3) is 4.38. The summed E-state index contributed by atoms with van der Waals surface area (Å²) >= 11 is 0. The van der Waals surface area contributed by atoms with Crippen LogP contribution < -0.4 is 10.1 Å². The molecule has 1 aromatic carbocycles. The molecule has 0 saturated carbocycles. The summed E-state index contributed by atoms with van der Waals surface area (Å²) in [5.41, 5.74) is 1.29. The van der Waals surface area contributed by atoms with Crippen molar-refractivity contribution in [2.75, 3.05) is 13.7 Å². The number of nitrogens with zero attached hydrogens (tertiary/aromatic N) is 2. The fourth-order valence-electron chi connectivity index (χ4n) is 2.17. The minimum absolute atomic E-state index is 0.370. The van der Waals surface area contributed by atoms with Gasteiger partial charge in [-0.3, -0.25) is 0 Å². The Balaban J connectivity index is 1.65. The smallest absolute Gasteiger partial charge is 0.118 e. The Kier molecular flexibility index (Phi) is 5.62. The quantitative estimate of drug-likeness (QED) is 0.751. The summed E-state index contributed by atoms with van der Waals surface area (Å²) in [4.78, 5) is 4.04. The largest absolute Gasteiger partial charge is 0.497 e. The molecule has 4 heteroatoms. The highest BCUT2D eigenvalue weighted by Crippen LogP contribution is 2.17. The van der Waals surface area contributed by atoms with Gasteiger partial charge in [-0.1, -0.05) is 12.1 Å². The second-order valence-corrected chi connectivity index (χ2v) is 4.96. The van der Waals surface area contributed by atoms with Gasteiger partial charge in [0.15, 0.2) is 0 Å². The molecule has 1 heterocycles. The zero-order chi connectivity index (χ0) is 14.2. The van der Waals surface area contributed by atoms with Gasteiger partial charge in [0, 0.05) is 25.0 Å². The van der Waals surface area contributed by atoms with Crippen molar-refractivity contribution in [3.8, 4) is 5.75 Å². The highest BCUT2D eigenvalue weighted by Gasteiger charge is 2.04. The molecule has 20 heavy (non-hydrogen) atoms. The van der Waals surface area contributed by atoms with Gasteiger partial charge in [0.25, 0.3) is 0 Å². The Hall–Kier alpha value is -1.81. The Morgan fingerprint density at radius 3 is 2.70 bits per heavy atom. The lowest BCUT2D eigenvalue weighted by molar-refractivity contribution is 0.414. The molecule has 0 aliphatic rings. The number of rotatable bonds is 8. The van der Waals surface area contributed by atoms with E-state index in [1.165, 1.54) is 18.4 Å². The summed E-state index contributed by atoms with van der Waals surface area (Å²) in [5.74, 6) is 0.904. The average molecular weight is 273 g/mol. The number of hydrogen-bond donors (Lipinski definition) is 1. The summed E-state index contributed by atoms with van der Waals surface area (Å²) in [6.07, 6.45) is 8.03. The second-order valence-electron chi connectivity index (χ2n) is 4.96. The van der Waals surface area contributed by atoms with E-state index in [0.717, 1.165) is 18.8 Å². The van der Waals surface area contributed by atoms with Crippen molar-refractivity contribution >= 4 is 0 Å². The Bertz CT molecular complexity index is 479. The zero-order valence-electron chi connectivity index (χ0n) is 12.2. The molecule has 0 fully saturated rings. The molecule has 0 amide bonds. The number of aryl methyl sites for hydroxylation is 1. The molecule has 1 unspecified atom stereocenters. The van der Waals surface area contributed by atoms with Gasteiger partial charge in [0.05, 0.1) is 13.4 Å². The van der Waals surface area contributed by atoms with E-state index >= 15 is 0 Å². The van der Waals surface area contributed by atoms with Gasteiger partial charge < -0.3 is 14.6 Å². The van der Waals surface area contributed by atoms with Crippen molar-refractivity contribution in [3.63, 3.8) is 0 Å². The van der Waals surface area contributed by atoms with Crippen molar-refractivity contribution in [2.45, 2.75) is 32.4 Å². The molecular weight excluding hydrogens is 250 g/mol. The topological polar surface area (TPSA) is 39.1 Å². The van der Waals surface area contributed by atoms with Gasteiger partial charge in [-0.2, -0.15) is 0 Å². The van der Waals surface area contributed by atoms with Crippen molar-refractivity contribution in [2.24, 2.45) is 0 Å². The minimum Gasteiger partial charge on any atom is -0.497 e. The number of nitrogens with one attached hydrogen (secondary N) is 1. The lowest BCUT2D eigenvalue weighted by Crippen LogP contribution is -2.20. The summed E-state index contributed by atoms with van der Waals surface area (Å²) in [7, 11) is 1.69. The summed E-state index contributed by atoms with van der Waals surface area (Å²) in [6.45, 7) is 4.26. The highest BCUT2D eigenvalue weighted by molar-refractivity contribution is 5.28. The Labute approximate surface area is 120 Å². The number of imidazole rings is 1. The minimum atomic E-state index is 0.370. The van der Waals surface area contributed by atoms with Crippen LogP contribution in [0.1, 0.15) is 31.4 Å². The van der Waals surface area contributed by atoms with Crippen LogP contribution in [0.3, 0.4) is 0 Å². The molecule has 0 radical (unpaired) electrons. The van der Waals surface area contributed by atoms with Crippen LogP contribution in [0, 0.1) is 0 Å². The molecule has 4 nitrogen and oxygen atoms in total. The number of hydrogen-bond acceptors (Lipinski definition) is 3. The van der Waals surface area contributed by atoms with Crippen LogP contribution >= 0.6 is 0 Å². The molecule has 0 spiro atoms. The van der Waals surface area contributed by atoms with Crippen molar-refractivity contribution in [1.29, 1.82) is 0 Å². The van der Waals surface area contributed by atoms with Crippen LogP contribution in [0.25, 0.3) is 0 Å². The molecular formula is C16H23N3O. The maximum atomic E-state index is 5.17. The SMILES string of the molecule is COc1ccc(C(C)NCCCCn2ccnc2)cc1. The Morgan fingerprint density at radius 1 is 1.25 bits per heavy atom. The fraction of sp³-hybridized carbons (Fsp3) is 0.438. The predicted octanol–water partition coefficient (Wildman–Crippen LogP) is 3.02. The summed E-state index contributed by atoms with van der Waals surface area (Å²) < 4.78 is 7.29. The molecule has 2 rings (SSSR count). The van der Waals surface area contributed by atoms with Gasteiger partial charge in [0.2, 0.25) is 0 Å². The lowest BCUT2D eigenvalue weighted by Gasteiger charge is -2.14. The van der Waals surface area contributed by atoms with E-state index in [0.29, 0.717) is 6.04 Å². The van der Waals surface area contributed by atoms with Gasteiger partial charge in [0.1, 0.15) is 5.75 Å². The average Bonchev–Trinajstić information content (AvgIpc) is 3.00. The van der Waals surface area contributed by atoms with Crippen LogP contribution in [0.2, 0.25) is 0 Å². The van der Waals surface area contributed by atoms with E-state index in [1.54, 1.807) is 7.11 Å². The zero-order valence-corrected chi connectivity index (χ0v) is 12.2. The van der Waals surface area contributed by atoms with Gasteiger partial charge in [-0.15, -0.1) is 0 Å². The van der Waals surface area contributed by atoms with Crippen molar-refractivity contribution < 1.29 is 4.74 Å². The molecule has 0 saturated heterocycles. The third-order valence-electron chi connectivity index (χ3n) is 3.47. The fourth-order valence-corrected chi connectivity index (χ4v) is 2.17. The first-order chi connectivity index (χ1) is 9.79. The van der Waals surface area contributed by atoms with Crippen LogP contribution in [0.4, 0.5) is 0 Å². The first kappa shape index (κ1) is 14.6. The maximum absolute atomic E-state index is 5.17. The standard InChI is InChI=1S/C16H23N3O/c1-14(15-5-7-16(20-2)8-6-15)18-9-3-4-11-19-12-10-17-13-19/h5-8,10,12-14,18H,3-4,9,11H2,1-2H3. The van der Waals surface area contributed by atoms with E-state index in [1.807, 2.05) is 30.9 Å². The molecule has 1 atom stereocenters. The van der Waals surface area contributed by atoms with E-state index in [4.69, 9.17) is 4.74 Å². The third-order valence-corrected chi connectivity index (χ3v) is 3.47. The van der Waals surface area contributed by atoms with Crippen molar-refractivity contribution in [3.05, 3.63) is 48.5 Å². The molecule has 1 N–H and O–H groups in total. The van der Waals surface area contributed by atoms with Crippen LogP contribution in [0.15, 0.2) is 43.0 Å². The predicted molar refractivity (Wildman–Crippen MR) is 80.9 cm³/mol. The lowest BCUT2D eigenvalue weighted by atomic mass is 10.1. The normalized spacial score (nSPS) is 12.3. The number of ether oxygens (including phenoxy) is 1. The van der Waals surface area contributed by atoms with Crippen LogP contribution in [0.5, 0.6) is 5.75 Å². The monoisotopic (exact) mass is 273 g/mol. The first-order valence-electron chi connectivity index (χ1n) is 7.12. The Morgan fingerprint density at radius 2 is 2.05 bits per heavy atom.